The van der Waals surface area contributed by atoms with Gasteiger partial charge in [0, 0.05) is 0 Å². The standard InChI is InChI=1S/C36H28Cl2N8O6/c1-3-51-35(49)31-29(33(47)45(43-31)23-11-7-5-8-12-23)41-39-27-17-15-21(19-25(27)37)22-16-18-28(26(38)20-22)40-42-30-32(36(50)52-4-2)44-46(34(30)48)24-13-9-6-10-14-24/h5-20,29-30H,3-4H2,1-2H3/b41-39+,42-40+. The number of hydrogen-bond acceptors (Lipinski definition) is 12. The second-order valence-corrected chi connectivity index (χ2v) is 11.8. The highest BCUT2D eigenvalue weighted by Crippen LogP contribution is 2.36. The molecule has 0 aliphatic carbocycles. The van der Waals surface area contributed by atoms with E-state index in [2.05, 4.69) is 30.7 Å². The second-order valence-electron chi connectivity index (χ2n) is 11.0. The van der Waals surface area contributed by atoms with Gasteiger partial charge in [-0.05, 0) is 73.5 Å². The monoisotopic (exact) mass is 738 g/mol. The van der Waals surface area contributed by atoms with Crippen LogP contribution in [-0.4, -0.2) is 60.5 Å². The van der Waals surface area contributed by atoms with Crippen molar-refractivity contribution < 1.29 is 28.7 Å². The largest absolute Gasteiger partial charge is 0.461 e. The SMILES string of the molecule is CCOC(=O)C1=NN(c2ccccc2)C(=O)C1/N=N/c1ccc(-c2ccc(/N=N/C3C(=O)N(c4ccccc4)N=C3C(=O)OCC)c(Cl)c2)cc1Cl. The summed E-state index contributed by atoms with van der Waals surface area (Å²) in [7, 11) is 0. The van der Waals surface area contributed by atoms with E-state index in [0.29, 0.717) is 22.5 Å². The molecule has 4 aromatic rings. The zero-order chi connectivity index (χ0) is 36.8. The van der Waals surface area contributed by atoms with Gasteiger partial charge in [0.05, 0.1) is 34.6 Å². The highest BCUT2D eigenvalue weighted by atomic mass is 35.5. The van der Waals surface area contributed by atoms with Gasteiger partial charge in [0.2, 0.25) is 12.1 Å². The van der Waals surface area contributed by atoms with E-state index in [1.54, 1.807) is 111 Å². The van der Waals surface area contributed by atoms with Crippen LogP contribution in [0.1, 0.15) is 13.8 Å². The summed E-state index contributed by atoms with van der Waals surface area (Å²) >= 11 is 13.2. The Labute approximate surface area is 307 Å². The summed E-state index contributed by atoms with van der Waals surface area (Å²) in [6.45, 7) is 3.45. The van der Waals surface area contributed by atoms with Crippen molar-refractivity contribution in [2.45, 2.75) is 25.9 Å². The molecule has 262 valence electrons. The lowest BCUT2D eigenvalue weighted by molar-refractivity contribution is -0.136. The molecule has 0 aromatic heterocycles. The Bertz CT molecular complexity index is 2010. The molecule has 0 spiro atoms. The van der Waals surface area contributed by atoms with E-state index >= 15 is 0 Å². The number of carbonyl (C=O) groups is 4. The quantitative estimate of drug-likeness (QED) is 0.114. The number of halogens is 2. The molecule has 2 heterocycles. The molecule has 52 heavy (non-hydrogen) atoms. The summed E-state index contributed by atoms with van der Waals surface area (Å²) in [5.41, 5.74) is 2.31. The third-order valence-electron chi connectivity index (χ3n) is 7.58. The summed E-state index contributed by atoms with van der Waals surface area (Å²) in [5, 5.41) is 27.6. The number of hydrogen-bond donors (Lipinski definition) is 0. The topological polar surface area (TPSA) is 167 Å². The normalized spacial score (nSPS) is 17.2. The fourth-order valence-electron chi connectivity index (χ4n) is 5.10. The molecule has 0 radical (unpaired) electrons. The number of hydrazone groups is 2. The smallest absolute Gasteiger partial charge is 0.357 e. The fourth-order valence-corrected chi connectivity index (χ4v) is 5.53. The number of anilines is 2. The van der Waals surface area contributed by atoms with Crippen LogP contribution in [0.4, 0.5) is 22.7 Å². The number of esters is 2. The van der Waals surface area contributed by atoms with Crippen molar-refractivity contribution in [2.24, 2.45) is 30.7 Å². The van der Waals surface area contributed by atoms with Gasteiger partial charge >= 0.3 is 11.9 Å². The highest BCUT2D eigenvalue weighted by Gasteiger charge is 2.43. The summed E-state index contributed by atoms with van der Waals surface area (Å²) in [6.07, 6.45) is 0. The molecule has 0 N–H and O–H groups in total. The van der Waals surface area contributed by atoms with Crippen LogP contribution >= 0.6 is 23.2 Å². The Morgan fingerprint density at radius 2 is 1.02 bits per heavy atom. The maximum atomic E-state index is 13.3. The fraction of sp³-hybridized carbons (Fsp3) is 0.167. The molecule has 2 atom stereocenters. The molecule has 14 nitrogen and oxygen atoms in total. The molecule has 0 fully saturated rings. The summed E-state index contributed by atoms with van der Waals surface area (Å²) in [5.74, 6) is -2.71. The number of rotatable bonds is 11. The van der Waals surface area contributed by atoms with Crippen molar-refractivity contribution >= 4 is 81.1 Å². The third kappa shape index (κ3) is 7.48. The second kappa shape index (κ2) is 15.8. The van der Waals surface area contributed by atoms with Crippen molar-refractivity contribution in [3.8, 4) is 11.1 Å². The van der Waals surface area contributed by atoms with E-state index in [1.807, 2.05) is 0 Å². The molecule has 2 unspecified atom stereocenters. The van der Waals surface area contributed by atoms with E-state index in [9.17, 15) is 19.2 Å². The predicted molar refractivity (Wildman–Crippen MR) is 194 cm³/mol. The minimum atomic E-state index is -1.34. The van der Waals surface area contributed by atoms with Crippen molar-refractivity contribution in [1.29, 1.82) is 0 Å². The van der Waals surface area contributed by atoms with Gasteiger partial charge in [-0.3, -0.25) is 9.59 Å². The number of para-hydroxylation sites is 2. The molecule has 2 aliphatic rings. The Morgan fingerprint density at radius 1 is 0.635 bits per heavy atom. The maximum absolute atomic E-state index is 13.3. The van der Waals surface area contributed by atoms with Crippen LogP contribution in [0, 0.1) is 0 Å². The van der Waals surface area contributed by atoms with Crippen molar-refractivity contribution in [3.05, 3.63) is 107 Å². The van der Waals surface area contributed by atoms with Crippen LogP contribution in [0.2, 0.25) is 10.0 Å². The third-order valence-corrected chi connectivity index (χ3v) is 8.19. The van der Waals surface area contributed by atoms with Crippen LogP contribution in [0.25, 0.3) is 11.1 Å². The molecule has 6 rings (SSSR count). The van der Waals surface area contributed by atoms with Crippen molar-refractivity contribution in [3.63, 3.8) is 0 Å². The van der Waals surface area contributed by atoms with E-state index in [4.69, 9.17) is 32.7 Å². The minimum Gasteiger partial charge on any atom is -0.461 e. The maximum Gasteiger partial charge on any atom is 0.357 e. The zero-order valence-corrected chi connectivity index (χ0v) is 29.1. The minimum absolute atomic E-state index is 0.0846. The highest BCUT2D eigenvalue weighted by molar-refractivity contribution is 6.46. The molecule has 2 amide bonds. The van der Waals surface area contributed by atoms with E-state index < -0.39 is 35.8 Å². The van der Waals surface area contributed by atoms with E-state index in [1.165, 1.54) is 0 Å². The van der Waals surface area contributed by atoms with Gasteiger partial charge in [-0.15, -0.1) is 0 Å². The number of carbonyl (C=O) groups excluding carboxylic acids is 4. The number of amides is 2. The van der Waals surface area contributed by atoms with Gasteiger partial charge in [0.25, 0.3) is 11.8 Å². The Balaban J connectivity index is 1.19. The van der Waals surface area contributed by atoms with Crippen LogP contribution in [0.15, 0.2) is 128 Å². The Kier molecular flexibility index (Phi) is 10.9. The zero-order valence-electron chi connectivity index (χ0n) is 27.6. The molecule has 0 bridgehead atoms. The molecule has 16 heteroatoms. The van der Waals surface area contributed by atoms with Gasteiger partial charge in [0.1, 0.15) is 11.4 Å². The van der Waals surface area contributed by atoms with E-state index in [-0.39, 0.29) is 46.1 Å². The summed E-state index contributed by atoms with van der Waals surface area (Å²) < 4.78 is 10.2. The lowest BCUT2D eigenvalue weighted by Crippen LogP contribution is -2.33. The first kappa shape index (κ1) is 35.7. The van der Waals surface area contributed by atoms with Crippen LogP contribution in [0.3, 0.4) is 0 Å². The number of nitrogens with zero attached hydrogens (tertiary/aromatic N) is 8. The predicted octanol–water partition coefficient (Wildman–Crippen LogP) is 7.50. The first-order chi connectivity index (χ1) is 25.2. The average Bonchev–Trinajstić information content (AvgIpc) is 3.67. The van der Waals surface area contributed by atoms with Gasteiger partial charge < -0.3 is 9.47 Å². The summed E-state index contributed by atoms with van der Waals surface area (Å²) in [6, 6.07) is 24.4. The number of ether oxygens (including phenoxy) is 2. The molecule has 4 aromatic carbocycles. The van der Waals surface area contributed by atoms with Crippen LogP contribution in [-0.2, 0) is 28.7 Å². The molecule has 0 saturated heterocycles. The van der Waals surface area contributed by atoms with Crippen LogP contribution < -0.4 is 10.0 Å². The van der Waals surface area contributed by atoms with Crippen molar-refractivity contribution in [2.75, 3.05) is 23.2 Å². The lowest BCUT2D eigenvalue weighted by atomic mass is 10.0. The first-order valence-corrected chi connectivity index (χ1v) is 16.7. The molecule has 0 saturated carbocycles. The van der Waals surface area contributed by atoms with Gasteiger partial charge in [0.15, 0.2) is 11.4 Å². The van der Waals surface area contributed by atoms with Gasteiger partial charge in [-0.25, -0.2) is 9.59 Å². The van der Waals surface area contributed by atoms with E-state index in [0.717, 1.165) is 10.0 Å². The average molecular weight is 740 g/mol. The molecule has 2 aliphatic heterocycles. The lowest BCUT2D eigenvalue weighted by Gasteiger charge is -2.12. The molecular formula is C36H28Cl2N8O6. The molecular weight excluding hydrogens is 711 g/mol. The van der Waals surface area contributed by atoms with Gasteiger partial charge in [-0.2, -0.15) is 40.7 Å². The number of azo groups is 2. The van der Waals surface area contributed by atoms with Crippen LogP contribution in [0.5, 0.6) is 0 Å². The number of benzene rings is 4. The summed E-state index contributed by atoms with van der Waals surface area (Å²) in [4.78, 5) is 51.8. The Hall–Kier alpha value is -6.12. The van der Waals surface area contributed by atoms with Gasteiger partial charge in [-0.1, -0.05) is 71.7 Å². The Morgan fingerprint density at radius 3 is 1.37 bits per heavy atom. The van der Waals surface area contributed by atoms with Crippen molar-refractivity contribution in [1.82, 2.24) is 0 Å². The first-order valence-electron chi connectivity index (χ1n) is 15.9.